The first-order chi connectivity index (χ1) is 9.45. The van der Waals surface area contributed by atoms with Crippen molar-refractivity contribution in [2.24, 2.45) is 0 Å². The lowest BCUT2D eigenvalue weighted by Gasteiger charge is -2.01. The van der Waals surface area contributed by atoms with Gasteiger partial charge in [-0.15, -0.1) is 22.7 Å². The Morgan fingerprint density at radius 3 is 2.90 bits per heavy atom. The molecule has 0 atom stereocenters. The molecule has 20 heavy (non-hydrogen) atoms. The lowest BCUT2D eigenvalue weighted by molar-refractivity contribution is 0.583. The Labute approximate surface area is 128 Å². The van der Waals surface area contributed by atoms with Gasteiger partial charge < -0.3 is 0 Å². The number of sulfonamides is 1. The molecule has 9 heteroatoms. The van der Waals surface area contributed by atoms with E-state index in [9.17, 15) is 8.42 Å². The molecule has 0 aliphatic rings. The molecule has 0 saturated carbocycles. The molecule has 0 saturated heterocycles. The van der Waals surface area contributed by atoms with Crippen molar-refractivity contribution in [3.8, 4) is 0 Å². The fraction of sp³-hybridized carbons (Fsp3) is 0.182. The molecule has 3 aromatic rings. The minimum absolute atomic E-state index is 0.158. The highest BCUT2D eigenvalue weighted by molar-refractivity contribution is 7.91. The van der Waals surface area contributed by atoms with Crippen LogP contribution in [-0.4, -0.2) is 17.8 Å². The van der Waals surface area contributed by atoms with E-state index in [0.717, 1.165) is 22.0 Å². The van der Waals surface area contributed by atoms with Gasteiger partial charge in [0.15, 0.2) is 4.96 Å². The second-order valence-corrected chi connectivity index (χ2v) is 8.69. The fourth-order valence-corrected chi connectivity index (χ4v) is 5.10. The summed E-state index contributed by atoms with van der Waals surface area (Å²) in [5, 5.41) is 2.00. The first kappa shape index (κ1) is 14.0. The molecule has 0 unspecified atom stereocenters. The van der Waals surface area contributed by atoms with Crippen molar-refractivity contribution in [3.05, 3.63) is 39.4 Å². The summed E-state index contributed by atoms with van der Waals surface area (Å²) >= 11 is 8.31. The van der Waals surface area contributed by atoms with E-state index in [1.54, 1.807) is 6.07 Å². The van der Waals surface area contributed by atoms with Crippen LogP contribution in [0.1, 0.15) is 11.4 Å². The SMILES string of the molecule is Cc1csc2nc(CNS(=O)(=O)c3ccc(Cl)s3)cn12. The number of rotatable bonds is 4. The highest BCUT2D eigenvalue weighted by Gasteiger charge is 2.17. The van der Waals surface area contributed by atoms with Crippen LogP contribution in [0.3, 0.4) is 0 Å². The van der Waals surface area contributed by atoms with Crippen LogP contribution >= 0.6 is 34.3 Å². The van der Waals surface area contributed by atoms with Crippen LogP contribution < -0.4 is 4.72 Å². The number of thiazole rings is 1. The topological polar surface area (TPSA) is 63.5 Å². The highest BCUT2D eigenvalue weighted by atomic mass is 35.5. The molecule has 3 rings (SSSR count). The molecule has 0 spiro atoms. The van der Waals surface area contributed by atoms with Gasteiger partial charge in [0.2, 0.25) is 10.0 Å². The third-order valence-corrected chi connectivity index (χ3v) is 6.78. The Bertz CT molecular complexity index is 863. The van der Waals surface area contributed by atoms with Crippen LogP contribution in [0.5, 0.6) is 0 Å². The van der Waals surface area contributed by atoms with Crippen molar-refractivity contribution in [1.82, 2.24) is 14.1 Å². The minimum Gasteiger partial charge on any atom is -0.295 e. The van der Waals surface area contributed by atoms with Crippen LogP contribution in [-0.2, 0) is 16.6 Å². The molecule has 0 aliphatic carbocycles. The number of halogens is 1. The number of hydrogen-bond donors (Lipinski definition) is 1. The van der Waals surface area contributed by atoms with E-state index >= 15 is 0 Å². The third-order valence-electron chi connectivity index (χ3n) is 2.70. The first-order valence-electron chi connectivity index (χ1n) is 5.63. The zero-order valence-corrected chi connectivity index (χ0v) is 13.5. The van der Waals surface area contributed by atoms with Crippen molar-refractivity contribution < 1.29 is 8.42 Å². The summed E-state index contributed by atoms with van der Waals surface area (Å²) in [4.78, 5) is 5.22. The molecule has 106 valence electrons. The Morgan fingerprint density at radius 2 is 2.25 bits per heavy atom. The first-order valence-corrected chi connectivity index (χ1v) is 9.18. The Hall–Kier alpha value is -0.930. The number of hydrogen-bond acceptors (Lipinski definition) is 5. The van der Waals surface area contributed by atoms with E-state index in [0.29, 0.717) is 10.0 Å². The van der Waals surface area contributed by atoms with Gasteiger partial charge in [0.25, 0.3) is 0 Å². The molecule has 0 aromatic carbocycles. The molecule has 0 bridgehead atoms. The van der Waals surface area contributed by atoms with Crippen LogP contribution in [0.25, 0.3) is 4.96 Å². The summed E-state index contributed by atoms with van der Waals surface area (Å²) in [5.41, 5.74) is 1.77. The minimum atomic E-state index is -3.53. The average molecular weight is 348 g/mol. The Kier molecular flexibility index (Phi) is 3.59. The van der Waals surface area contributed by atoms with Gasteiger partial charge in [0.05, 0.1) is 16.6 Å². The van der Waals surface area contributed by atoms with E-state index in [4.69, 9.17) is 11.6 Å². The molecule has 5 nitrogen and oxygen atoms in total. The average Bonchev–Trinajstić information content (AvgIpc) is 3.06. The number of aryl methyl sites for hydroxylation is 1. The largest absolute Gasteiger partial charge is 0.295 e. The molecule has 3 aromatic heterocycles. The van der Waals surface area contributed by atoms with Crippen molar-refractivity contribution >= 4 is 49.3 Å². The van der Waals surface area contributed by atoms with Crippen molar-refractivity contribution in [1.29, 1.82) is 0 Å². The molecular weight excluding hydrogens is 338 g/mol. The van der Waals surface area contributed by atoms with Crippen molar-refractivity contribution in [2.75, 3.05) is 0 Å². The molecular formula is C11H10ClN3O2S3. The van der Waals surface area contributed by atoms with Crippen LogP contribution in [0, 0.1) is 6.92 Å². The second-order valence-electron chi connectivity index (χ2n) is 4.14. The Balaban J connectivity index is 1.78. The van der Waals surface area contributed by atoms with E-state index < -0.39 is 10.0 Å². The van der Waals surface area contributed by atoms with Crippen molar-refractivity contribution in [3.63, 3.8) is 0 Å². The van der Waals surface area contributed by atoms with Gasteiger partial charge in [-0.2, -0.15) is 0 Å². The number of fused-ring (bicyclic) bond motifs is 1. The molecule has 0 fully saturated rings. The summed E-state index contributed by atoms with van der Waals surface area (Å²) in [6.45, 7) is 2.14. The summed E-state index contributed by atoms with van der Waals surface area (Å²) < 4.78 is 29.2. The number of nitrogens with one attached hydrogen (secondary N) is 1. The van der Waals surface area contributed by atoms with Gasteiger partial charge in [0, 0.05) is 17.3 Å². The molecule has 3 heterocycles. The summed E-state index contributed by atoms with van der Waals surface area (Å²) in [7, 11) is -3.53. The summed E-state index contributed by atoms with van der Waals surface area (Å²) in [6, 6.07) is 3.06. The summed E-state index contributed by atoms with van der Waals surface area (Å²) in [5.74, 6) is 0. The standard InChI is InChI=1S/C11H10ClN3O2S3/c1-7-6-18-11-14-8(5-15(7)11)4-13-20(16,17)10-3-2-9(12)19-10/h2-3,5-6,13H,4H2,1H3. The predicted molar refractivity (Wildman–Crippen MR) is 81.2 cm³/mol. The number of thiophene rings is 1. The fourth-order valence-electron chi connectivity index (χ4n) is 1.71. The zero-order valence-electron chi connectivity index (χ0n) is 10.3. The lowest BCUT2D eigenvalue weighted by Crippen LogP contribution is -2.22. The smallest absolute Gasteiger partial charge is 0.250 e. The number of imidazole rings is 1. The summed E-state index contributed by atoms with van der Waals surface area (Å²) in [6.07, 6.45) is 1.84. The predicted octanol–water partition coefficient (Wildman–Crippen LogP) is 2.90. The van der Waals surface area contributed by atoms with Crippen LogP contribution in [0.4, 0.5) is 0 Å². The second kappa shape index (κ2) is 5.12. The quantitative estimate of drug-likeness (QED) is 0.789. The number of nitrogens with zero attached hydrogens (tertiary/aromatic N) is 2. The Morgan fingerprint density at radius 1 is 1.45 bits per heavy atom. The van der Waals surface area contributed by atoms with Crippen LogP contribution in [0.2, 0.25) is 4.34 Å². The van der Waals surface area contributed by atoms with Gasteiger partial charge >= 0.3 is 0 Å². The molecule has 0 amide bonds. The van der Waals surface area contributed by atoms with Crippen LogP contribution in [0.15, 0.2) is 27.9 Å². The van der Waals surface area contributed by atoms with Gasteiger partial charge in [0.1, 0.15) is 4.21 Å². The van der Waals surface area contributed by atoms with Gasteiger partial charge in [-0.05, 0) is 19.1 Å². The maximum absolute atomic E-state index is 12.0. The van der Waals surface area contributed by atoms with E-state index in [2.05, 4.69) is 9.71 Å². The van der Waals surface area contributed by atoms with E-state index in [1.807, 2.05) is 22.9 Å². The highest BCUT2D eigenvalue weighted by Crippen LogP contribution is 2.25. The maximum atomic E-state index is 12.0. The lowest BCUT2D eigenvalue weighted by atomic mass is 10.5. The van der Waals surface area contributed by atoms with E-state index in [1.165, 1.54) is 17.4 Å². The molecule has 1 N–H and O–H groups in total. The normalized spacial score (nSPS) is 12.3. The monoisotopic (exact) mass is 347 g/mol. The number of aromatic nitrogens is 2. The third kappa shape index (κ3) is 2.61. The molecule has 0 aliphatic heterocycles. The molecule has 0 radical (unpaired) electrons. The van der Waals surface area contributed by atoms with Gasteiger partial charge in [-0.1, -0.05) is 11.6 Å². The zero-order chi connectivity index (χ0) is 14.3. The van der Waals surface area contributed by atoms with Crippen molar-refractivity contribution in [2.45, 2.75) is 17.7 Å². The van der Waals surface area contributed by atoms with Gasteiger partial charge in [-0.3, -0.25) is 4.40 Å². The van der Waals surface area contributed by atoms with E-state index in [-0.39, 0.29) is 10.8 Å². The maximum Gasteiger partial charge on any atom is 0.250 e. The van der Waals surface area contributed by atoms with Gasteiger partial charge in [-0.25, -0.2) is 18.1 Å².